The lowest BCUT2D eigenvalue weighted by atomic mass is 9.88. The van der Waals surface area contributed by atoms with Crippen molar-refractivity contribution in [2.45, 2.75) is 43.8 Å². The topological polar surface area (TPSA) is 12.0 Å². The predicted molar refractivity (Wildman–Crippen MR) is 71.8 cm³/mol. The summed E-state index contributed by atoms with van der Waals surface area (Å²) in [5.74, 6) is 0. The molecule has 1 fully saturated rings. The SMILES string of the molecule is CSC1(CNCC(C)=CCl)CCCCC1. The molecule has 0 unspecified atom stereocenters. The number of thioether (sulfide) groups is 1. The highest BCUT2D eigenvalue weighted by molar-refractivity contribution is 8.00. The first-order valence-corrected chi connectivity index (χ1v) is 7.40. The van der Waals surface area contributed by atoms with Gasteiger partial charge in [-0.05, 0) is 31.6 Å². The number of hydrogen-bond donors (Lipinski definition) is 1. The molecular formula is C12H22ClNS. The van der Waals surface area contributed by atoms with Crippen molar-refractivity contribution in [2.75, 3.05) is 19.3 Å². The molecule has 1 aliphatic carbocycles. The molecule has 88 valence electrons. The number of halogens is 1. The number of rotatable bonds is 5. The second kappa shape index (κ2) is 6.82. The zero-order valence-corrected chi connectivity index (χ0v) is 11.4. The third kappa shape index (κ3) is 4.38. The minimum Gasteiger partial charge on any atom is -0.312 e. The maximum absolute atomic E-state index is 5.63. The Balaban J connectivity index is 2.32. The zero-order valence-electron chi connectivity index (χ0n) is 9.81. The van der Waals surface area contributed by atoms with Crippen LogP contribution in [0.4, 0.5) is 0 Å². The van der Waals surface area contributed by atoms with Gasteiger partial charge in [0.1, 0.15) is 0 Å². The maximum Gasteiger partial charge on any atom is 0.0281 e. The van der Waals surface area contributed by atoms with Crippen LogP contribution in [-0.2, 0) is 0 Å². The van der Waals surface area contributed by atoms with Crippen molar-refractivity contribution in [3.8, 4) is 0 Å². The smallest absolute Gasteiger partial charge is 0.0281 e. The Morgan fingerprint density at radius 1 is 1.40 bits per heavy atom. The van der Waals surface area contributed by atoms with E-state index < -0.39 is 0 Å². The van der Waals surface area contributed by atoms with Gasteiger partial charge in [-0.15, -0.1) is 0 Å². The van der Waals surface area contributed by atoms with E-state index in [0.29, 0.717) is 4.75 Å². The van der Waals surface area contributed by atoms with Gasteiger partial charge in [0.2, 0.25) is 0 Å². The van der Waals surface area contributed by atoms with Crippen LogP contribution in [0.25, 0.3) is 0 Å². The molecule has 0 aliphatic heterocycles. The molecule has 3 heteroatoms. The van der Waals surface area contributed by atoms with Crippen LogP contribution >= 0.6 is 23.4 Å². The van der Waals surface area contributed by atoms with Crippen molar-refractivity contribution >= 4 is 23.4 Å². The van der Waals surface area contributed by atoms with E-state index in [9.17, 15) is 0 Å². The fourth-order valence-corrected chi connectivity index (χ4v) is 3.20. The van der Waals surface area contributed by atoms with E-state index in [0.717, 1.165) is 13.1 Å². The molecule has 0 saturated heterocycles. The van der Waals surface area contributed by atoms with Gasteiger partial charge in [-0.2, -0.15) is 11.8 Å². The van der Waals surface area contributed by atoms with Gasteiger partial charge in [-0.1, -0.05) is 30.9 Å². The Morgan fingerprint density at radius 3 is 2.60 bits per heavy atom. The molecule has 1 nitrogen and oxygen atoms in total. The summed E-state index contributed by atoms with van der Waals surface area (Å²) in [7, 11) is 0. The molecular weight excluding hydrogens is 226 g/mol. The third-order valence-electron chi connectivity index (χ3n) is 3.24. The average molecular weight is 248 g/mol. The Hall–Kier alpha value is 0.340. The fraction of sp³-hybridized carbons (Fsp3) is 0.833. The largest absolute Gasteiger partial charge is 0.312 e. The Morgan fingerprint density at radius 2 is 2.07 bits per heavy atom. The molecule has 1 rings (SSSR count). The average Bonchev–Trinajstić information content (AvgIpc) is 2.30. The summed E-state index contributed by atoms with van der Waals surface area (Å²) in [5, 5.41) is 3.52. The van der Waals surface area contributed by atoms with E-state index in [-0.39, 0.29) is 0 Å². The Bertz CT molecular complexity index is 210. The molecule has 0 aromatic heterocycles. The second-order valence-corrected chi connectivity index (χ2v) is 6.00. The minimum atomic E-state index is 0.491. The van der Waals surface area contributed by atoms with Crippen LogP contribution in [-0.4, -0.2) is 24.1 Å². The van der Waals surface area contributed by atoms with Crippen molar-refractivity contribution in [1.29, 1.82) is 0 Å². The highest BCUT2D eigenvalue weighted by atomic mass is 35.5. The fourth-order valence-electron chi connectivity index (χ4n) is 2.18. The molecule has 0 amide bonds. The normalized spacial score (nSPS) is 21.7. The van der Waals surface area contributed by atoms with Gasteiger partial charge in [0.05, 0.1) is 0 Å². The van der Waals surface area contributed by atoms with E-state index in [1.54, 1.807) is 5.54 Å². The molecule has 0 atom stereocenters. The molecule has 1 N–H and O–H groups in total. The van der Waals surface area contributed by atoms with E-state index in [1.807, 2.05) is 11.8 Å². The molecule has 0 aromatic carbocycles. The van der Waals surface area contributed by atoms with Gasteiger partial charge < -0.3 is 5.32 Å². The van der Waals surface area contributed by atoms with Crippen LogP contribution in [0.2, 0.25) is 0 Å². The van der Waals surface area contributed by atoms with Gasteiger partial charge in [0, 0.05) is 23.4 Å². The monoisotopic (exact) mass is 247 g/mol. The standard InChI is InChI=1S/C12H22ClNS/c1-11(8-13)9-14-10-12(15-2)6-4-3-5-7-12/h8,14H,3-7,9-10H2,1-2H3. The highest BCUT2D eigenvalue weighted by Gasteiger charge is 2.30. The summed E-state index contributed by atoms with van der Waals surface area (Å²) >= 11 is 7.67. The van der Waals surface area contributed by atoms with Crippen molar-refractivity contribution in [1.82, 2.24) is 5.32 Å². The van der Waals surface area contributed by atoms with E-state index in [1.165, 1.54) is 37.7 Å². The maximum atomic E-state index is 5.63. The second-order valence-electron chi connectivity index (χ2n) is 4.51. The Kier molecular flexibility index (Phi) is 6.10. The van der Waals surface area contributed by atoms with E-state index in [2.05, 4.69) is 18.5 Å². The summed E-state index contributed by atoms with van der Waals surface area (Å²) < 4.78 is 0.491. The molecule has 1 saturated carbocycles. The third-order valence-corrected chi connectivity index (χ3v) is 5.03. The van der Waals surface area contributed by atoms with Gasteiger partial charge in [-0.3, -0.25) is 0 Å². The lowest BCUT2D eigenvalue weighted by Crippen LogP contribution is -2.39. The van der Waals surface area contributed by atoms with Crippen molar-refractivity contribution < 1.29 is 0 Å². The number of hydrogen-bond acceptors (Lipinski definition) is 2. The van der Waals surface area contributed by atoms with Crippen LogP contribution in [0.5, 0.6) is 0 Å². The summed E-state index contributed by atoms with van der Waals surface area (Å²) in [6, 6.07) is 0. The molecule has 0 bridgehead atoms. The van der Waals surface area contributed by atoms with Crippen molar-refractivity contribution in [3.63, 3.8) is 0 Å². The molecule has 0 spiro atoms. The van der Waals surface area contributed by atoms with E-state index in [4.69, 9.17) is 11.6 Å². The van der Waals surface area contributed by atoms with Crippen LogP contribution in [0, 0.1) is 0 Å². The van der Waals surface area contributed by atoms with Crippen LogP contribution < -0.4 is 5.32 Å². The van der Waals surface area contributed by atoms with Crippen molar-refractivity contribution in [3.05, 3.63) is 11.1 Å². The summed E-state index contributed by atoms with van der Waals surface area (Å²) in [6.45, 7) is 4.11. The summed E-state index contributed by atoms with van der Waals surface area (Å²) in [4.78, 5) is 0. The molecule has 0 radical (unpaired) electrons. The first kappa shape index (κ1) is 13.4. The predicted octanol–water partition coefficient (Wildman–Crippen LogP) is 3.78. The lowest BCUT2D eigenvalue weighted by Gasteiger charge is -2.36. The summed E-state index contributed by atoms with van der Waals surface area (Å²) in [5.41, 5.74) is 2.88. The Labute approximate surface area is 103 Å². The van der Waals surface area contributed by atoms with Crippen LogP contribution in [0.1, 0.15) is 39.0 Å². The first-order chi connectivity index (χ1) is 7.22. The molecule has 0 heterocycles. The molecule has 1 aliphatic rings. The quantitative estimate of drug-likeness (QED) is 0.794. The number of nitrogens with one attached hydrogen (secondary N) is 1. The zero-order chi connectivity index (χ0) is 11.1. The highest BCUT2D eigenvalue weighted by Crippen LogP contribution is 2.37. The van der Waals surface area contributed by atoms with Crippen LogP contribution in [0.3, 0.4) is 0 Å². The molecule has 0 aromatic rings. The van der Waals surface area contributed by atoms with Gasteiger partial charge in [0.25, 0.3) is 0 Å². The first-order valence-electron chi connectivity index (χ1n) is 5.74. The van der Waals surface area contributed by atoms with Gasteiger partial charge >= 0.3 is 0 Å². The van der Waals surface area contributed by atoms with Crippen LogP contribution in [0.15, 0.2) is 11.1 Å². The summed E-state index contributed by atoms with van der Waals surface area (Å²) in [6.07, 6.45) is 9.19. The minimum absolute atomic E-state index is 0.491. The van der Waals surface area contributed by atoms with E-state index >= 15 is 0 Å². The van der Waals surface area contributed by atoms with Gasteiger partial charge in [0.15, 0.2) is 0 Å². The van der Waals surface area contributed by atoms with Gasteiger partial charge in [-0.25, -0.2) is 0 Å². The van der Waals surface area contributed by atoms with Crippen molar-refractivity contribution in [2.24, 2.45) is 0 Å². The molecule has 15 heavy (non-hydrogen) atoms. The lowest BCUT2D eigenvalue weighted by molar-refractivity contribution is 0.384.